The molecular weight excluding hydrogens is 418 g/mol. The number of rotatable bonds is 5. The number of morpholine rings is 1. The highest BCUT2D eigenvalue weighted by atomic mass is 35.5. The molecule has 1 atom stereocenters. The number of hydrogen-bond acceptors (Lipinski definition) is 6. The molecule has 0 aliphatic carbocycles. The van der Waals surface area contributed by atoms with Crippen molar-refractivity contribution in [2.75, 3.05) is 36.5 Å². The molecule has 1 fully saturated rings. The number of nitrogens with zero attached hydrogens (tertiary/aromatic N) is 2. The van der Waals surface area contributed by atoms with Crippen LogP contribution >= 0.6 is 11.6 Å². The van der Waals surface area contributed by atoms with Gasteiger partial charge in [0.05, 0.1) is 24.3 Å². The van der Waals surface area contributed by atoms with E-state index < -0.39 is 18.0 Å². The molecule has 0 bridgehead atoms. The highest BCUT2D eigenvalue weighted by Crippen LogP contribution is 2.20. The quantitative estimate of drug-likeness (QED) is 0.479. The van der Waals surface area contributed by atoms with Gasteiger partial charge in [0.15, 0.2) is 6.10 Å². The fourth-order valence-corrected chi connectivity index (χ4v) is 3.48. The summed E-state index contributed by atoms with van der Waals surface area (Å²) in [5.41, 5.74) is 2.73. The van der Waals surface area contributed by atoms with Crippen LogP contribution in [-0.4, -0.2) is 49.3 Å². The minimum atomic E-state index is -0.953. The van der Waals surface area contributed by atoms with Crippen molar-refractivity contribution in [2.24, 2.45) is 0 Å². The van der Waals surface area contributed by atoms with Gasteiger partial charge in [-0.05, 0) is 61.5 Å². The van der Waals surface area contributed by atoms with Crippen molar-refractivity contribution < 1.29 is 19.1 Å². The van der Waals surface area contributed by atoms with E-state index in [1.165, 1.54) is 6.92 Å². The second kappa shape index (κ2) is 9.32. The van der Waals surface area contributed by atoms with Crippen molar-refractivity contribution in [2.45, 2.75) is 13.0 Å². The number of halogens is 1. The van der Waals surface area contributed by atoms with Gasteiger partial charge in [0.2, 0.25) is 0 Å². The summed E-state index contributed by atoms with van der Waals surface area (Å²) in [6, 6.07) is 16.0. The van der Waals surface area contributed by atoms with E-state index in [0.717, 1.165) is 24.2 Å². The Labute approximate surface area is 184 Å². The molecule has 1 N–H and O–H groups in total. The lowest BCUT2D eigenvalue weighted by molar-refractivity contribution is -0.123. The van der Waals surface area contributed by atoms with Gasteiger partial charge in [0.25, 0.3) is 5.91 Å². The second-order valence-electron chi connectivity index (χ2n) is 7.22. The molecule has 1 aliphatic rings. The molecule has 1 aromatic heterocycles. The smallest absolute Gasteiger partial charge is 0.338 e. The fraction of sp³-hybridized carbons (Fsp3) is 0.261. The normalized spacial score (nSPS) is 14.8. The molecule has 2 heterocycles. The van der Waals surface area contributed by atoms with Gasteiger partial charge in [-0.3, -0.25) is 4.79 Å². The van der Waals surface area contributed by atoms with Crippen LogP contribution in [0, 0.1) is 0 Å². The van der Waals surface area contributed by atoms with Crippen molar-refractivity contribution in [1.29, 1.82) is 0 Å². The van der Waals surface area contributed by atoms with Crippen LogP contribution in [-0.2, 0) is 14.3 Å². The number of esters is 1. The maximum Gasteiger partial charge on any atom is 0.338 e. The largest absolute Gasteiger partial charge is 0.449 e. The molecule has 31 heavy (non-hydrogen) atoms. The van der Waals surface area contributed by atoms with Crippen molar-refractivity contribution >= 4 is 45.8 Å². The SMILES string of the molecule is CC(OC(=O)c1ccc2nc(Cl)ccc2c1)C(=O)Nc1ccc(N2CCOCC2)cc1. The number of anilines is 2. The summed E-state index contributed by atoms with van der Waals surface area (Å²) < 4.78 is 10.7. The summed E-state index contributed by atoms with van der Waals surface area (Å²) in [6.07, 6.45) is -0.953. The average molecular weight is 440 g/mol. The summed E-state index contributed by atoms with van der Waals surface area (Å²) in [7, 11) is 0. The van der Waals surface area contributed by atoms with Crippen molar-refractivity contribution in [3.8, 4) is 0 Å². The summed E-state index contributed by atoms with van der Waals surface area (Å²) in [6.45, 7) is 4.65. The number of fused-ring (bicyclic) bond motifs is 1. The summed E-state index contributed by atoms with van der Waals surface area (Å²) >= 11 is 5.88. The van der Waals surface area contributed by atoms with Crippen LogP contribution < -0.4 is 10.2 Å². The van der Waals surface area contributed by atoms with E-state index in [9.17, 15) is 9.59 Å². The Morgan fingerprint density at radius 1 is 1.10 bits per heavy atom. The third-order valence-electron chi connectivity index (χ3n) is 5.06. The molecule has 0 radical (unpaired) electrons. The van der Waals surface area contributed by atoms with Crippen molar-refractivity contribution in [1.82, 2.24) is 4.98 Å². The fourth-order valence-electron chi connectivity index (χ4n) is 3.33. The Morgan fingerprint density at radius 2 is 1.84 bits per heavy atom. The van der Waals surface area contributed by atoms with Gasteiger partial charge >= 0.3 is 5.97 Å². The number of carbonyl (C=O) groups is 2. The molecule has 160 valence electrons. The highest BCUT2D eigenvalue weighted by Gasteiger charge is 2.20. The Morgan fingerprint density at radius 3 is 2.58 bits per heavy atom. The standard InChI is InChI=1S/C23H22ClN3O4/c1-15(31-23(29)17-2-8-20-16(14-17)3-9-21(24)26-20)22(28)25-18-4-6-19(7-5-18)27-10-12-30-13-11-27/h2-9,14-15H,10-13H2,1H3,(H,25,28). The van der Waals surface area contributed by atoms with E-state index in [1.54, 1.807) is 30.3 Å². The Bertz CT molecular complexity index is 1100. The number of hydrogen-bond donors (Lipinski definition) is 1. The van der Waals surface area contributed by atoms with Gasteiger partial charge in [-0.2, -0.15) is 0 Å². The maximum atomic E-state index is 12.5. The first kappa shape index (κ1) is 21.1. The van der Waals surface area contributed by atoms with E-state index in [4.69, 9.17) is 21.1 Å². The number of ether oxygens (including phenoxy) is 2. The number of amides is 1. The van der Waals surface area contributed by atoms with Gasteiger partial charge < -0.3 is 19.7 Å². The average Bonchev–Trinajstić information content (AvgIpc) is 2.79. The van der Waals surface area contributed by atoms with Crippen LogP contribution in [0.4, 0.5) is 11.4 Å². The van der Waals surface area contributed by atoms with E-state index in [1.807, 2.05) is 24.3 Å². The van der Waals surface area contributed by atoms with E-state index in [-0.39, 0.29) is 0 Å². The van der Waals surface area contributed by atoms with E-state index in [2.05, 4.69) is 15.2 Å². The summed E-state index contributed by atoms with van der Waals surface area (Å²) in [4.78, 5) is 31.4. The van der Waals surface area contributed by atoms with E-state index in [0.29, 0.717) is 35.1 Å². The first-order chi connectivity index (χ1) is 15.0. The predicted molar refractivity (Wildman–Crippen MR) is 120 cm³/mol. The lowest BCUT2D eigenvalue weighted by Crippen LogP contribution is -2.36. The van der Waals surface area contributed by atoms with Crippen LogP contribution in [0.1, 0.15) is 17.3 Å². The Kier molecular flexibility index (Phi) is 6.34. The van der Waals surface area contributed by atoms with Gasteiger partial charge in [-0.15, -0.1) is 0 Å². The molecule has 4 rings (SSSR count). The molecule has 1 saturated heterocycles. The first-order valence-electron chi connectivity index (χ1n) is 10.0. The topological polar surface area (TPSA) is 80.8 Å². The zero-order valence-electron chi connectivity index (χ0n) is 17.0. The minimum absolute atomic E-state index is 0.339. The van der Waals surface area contributed by atoms with Crippen molar-refractivity contribution in [3.63, 3.8) is 0 Å². The molecule has 2 aromatic carbocycles. The molecule has 3 aromatic rings. The lowest BCUT2D eigenvalue weighted by Gasteiger charge is -2.28. The van der Waals surface area contributed by atoms with Gasteiger partial charge in [0.1, 0.15) is 5.15 Å². The summed E-state index contributed by atoms with van der Waals surface area (Å²) in [5.74, 6) is -0.983. The molecule has 8 heteroatoms. The van der Waals surface area contributed by atoms with Crippen molar-refractivity contribution in [3.05, 3.63) is 65.3 Å². The summed E-state index contributed by atoms with van der Waals surface area (Å²) in [5, 5.41) is 3.92. The number of pyridine rings is 1. The zero-order valence-corrected chi connectivity index (χ0v) is 17.8. The third-order valence-corrected chi connectivity index (χ3v) is 5.27. The van der Waals surface area contributed by atoms with E-state index >= 15 is 0 Å². The van der Waals surface area contributed by atoms with Crippen LogP contribution in [0.25, 0.3) is 10.9 Å². The van der Waals surface area contributed by atoms with Crippen LogP contribution in [0.15, 0.2) is 54.6 Å². The van der Waals surface area contributed by atoms with Crippen LogP contribution in [0.2, 0.25) is 5.15 Å². The van der Waals surface area contributed by atoms with Gasteiger partial charge in [-0.1, -0.05) is 11.6 Å². The molecule has 0 saturated carbocycles. The minimum Gasteiger partial charge on any atom is -0.449 e. The first-order valence-corrected chi connectivity index (χ1v) is 10.4. The predicted octanol–water partition coefficient (Wildman–Crippen LogP) is 3.91. The molecule has 1 amide bonds. The van der Waals surface area contributed by atoms with Gasteiger partial charge in [-0.25, -0.2) is 9.78 Å². The highest BCUT2D eigenvalue weighted by molar-refractivity contribution is 6.29. The Balaban J connectivity index is 1.35. The van der Waals surface area contributed by atoms with Crippen LogP contribution in [0.5, 0.6) is 0 Å². The number of benzene rings is 2. The molecule has 1 aliphatic heterocycles. The number of carbonyl (C=O) groups excluding carboxylic acids is 2. The maximum absolute atomic E-state index is 12.5. The molecular formula is C23H22ClN3O4. The van der Waals surface area contributed by atoms with Crippen LogP contribution in [0.3, 0.4) is 0 Å². The monoisotopic (exact) mass is 439 g/mol. The zero-order chi connectivity index (χ0) is 21.8. The third kappa shape index (κ3) is 5.13. The molecule has 0 spiro atoms. The molecule has 7 nitrogen and oxygen atoms in total. The molecule has 1 unspecified atom stereocenters. The number of aromatic nitrogens is 1. The second-order valence-corrected chi connectivity index (χ2v) is 7.61. The Hall–Kier alpha value is -3.16. The lowest BCUT2D eigenvalue weighted by atomic mass is 10.1. The number of nitrogens with one attached hydrogen (secondary N) is 1. The van der Waals surface area contributed by atoms with Gasteiger partial charge in [0, 0.05) is 29.9 Å².